The van der Waals surface area contributed by atoms with E-state index in [1.165, 1.54) is 0 Å². The summed E-state index contributed by atoms with van der Waals surface area (Å²) in [5, 5.41) is 10.0. The van der Waals surface area contributed by atoms with Crippen molar-refractivity contribution < 1.29 is 13.2 Å². The van der Waals surface area contributed by atoms with Gasteiger partial charge in [0.25, 0.3) is 12.0 Å². The van der Waals surface area contributed by atoms with Gasteiger partial charge in [0.2, 0.25) is 5.79 Å². The van der Waals surface area contributed by atoms with E-state index in [1.807, 2.05) is 26.0 Å². The van der Waals surface area contributed by atoms with E-state index in [1.54, 1.807) is 58.0 Å². The SMILES string of the molecule is Cc1cc(C(C)NC2(F)CC=C(Cl)N=C2c2ccncc2)c2c(c1)c(=O)n(C)c1c2cnn1CC1CCN(CC(F)F)C1. The minimum atomic E-state index is -2.37. The Morgan fingerprint density at radius 2 is 1.98 bits per heavy atom. The molecule has 5 heterocycles. The van der Waals surface area contributed by atoms with Crippen LogP contribution >= 0.6 is 11.6 Å². The quantitative estimate of drug-likeness (QED) is 0.267. The van der Waals surface area contributed by atoms with Crippen LogP contribution in [-0.2, 0) is 13.6 Å². The fraction of sp³-hybridized carbons (Fsp3) is 0.419. The minimum Gasteiger partial charge on any atom is -0.297 e. The molecule has 12 heteroatoms. The van der Waals surface area contributed by atoms with Gasteiger partial charge in [-0.1, -0.05) is 17.7 Å². The molecule has 0 spiro atoms. The molecule has 6 rings (SSSR count). The maximum absolute atomic E-state index is 16.8. The molecular weight excluding hydrogens is 579 g/mol. The summed E-state index contributed by atoms with van der Waals surface area (Å²) in [6, 6.07) is 6.66. The average molecular weight is 612 g/mol. The maximum Gasteiger partial charge on any atom is 0.259 e. The fourth-order valence-corrected chi connectivity index (χ4v) is 6.69. The second-order valence-electron chi connectivity index (χ2n) is 11.6. The summed E-state index contributed by atoms with van der Waals surface area (Å²) in [6.45, 7) is 5.20. The van der Waals surface area contributed by atoms with Gasteiger partial charge in [-0.2, -0.15) is 5.10 Å². The van der Waals surface area contributed by atoms with E-state index in [4.69, 9.17) is 11.6 Å². The third-order valence-electron chi connectivity index (χ3n) is 8.46. The highest BCUT2D eigenvalue weighted by Gasteiger charge is 2.40. The van der Waals surface area contributed by atoms with Crippen LogP contribution in [0.2, 0.25) is 0 Å². The van der Waals surface area contributed by atoms with Gasteiger partial charge >= 0.3 is 0 Å². The van der Waals surface area contributed by atoms with Crippen molar-refractivity contribution in [3.8, 4) is 0 Å². The molecule has 0 saturated carbocycles. The Morgan fingerprint density at radius 1 is 1.21 bits per heavy atom. The van der Waals surface area contributed by atoms with Gasteiger partial charge < -0.3 is 0 Å². The molecule has 3 aromatic heterocycles. The number of aliphatic imine (C=N–C) groups is 1. The molecule has 2 aliphatic rings. The molecule has 43 heavy (non-hydrogen) atoms. The molecule has 226 valence electrons. The Morgan fingerprint density at radius 3 is 2.72 bits per heavy atom. The second-order valence-corrected chi connectivity index (χ2v) is 12.0. The Kier molecular flexibility index (Phi) is 7.91. The van der Waals surface area contributed by atoms with Gasteiger partial charge in [-0.3, -0.25) is 24.6 Å². The number of halogens is 4. The van der Waals surface area contributed by atoms with Gasteiger partial charge in [0.05, 0.1) is 12.7 Å². The van der Waals surface area contributed by atoms with Crippen LogP contribution in [0.4, 0.5) is 13.2 Å². The third-order valence-corrected chi connectivity index (χ3v) is 8.69. The van der Waals surface area contributed by atoms with Crippen LogP contribution in [-0.4, -0.2) is 61.8 Å². The van der Waals surface area contributed by atoms with Crippen molar-refractivity contribution in [2.45, 2.75) is 51.5 Å². The number of aryl methyl sites for hydroxylation is 2. The van der Waals surface area contributed by atoms with Crippen LogP contribution in [0.3, 0.4) is 0 Å². The van der Waals surface area contributed by atoms with Gasteiger partial charge in [-0.15, -0.1) is 0 Å². The number of hydrogen-bond donors (Lipinski definition) is 1. The number of aromatic nitrogens is 4. The minimum absolute atomic E-state index is 0.0276. The molecule has 3 unspecified atom stereocenters. The predicted octanol–water partition coefficient (Wildman–Crippen LogP) is 5.47. The molecular formula is C31H33ClF3N7O. The number of pyridine rings is 2. The van der Waals surface area contributed by atoms with Gasteiger partial charge in [0.15, 0.2) is 0 Å². The lowest BCUT2D eigenvalue weighted by atomic mass is 9.92. The summed E-state index contributed by atoms with van der Waals surface area (Å²) in [7, 11) is 1.72. The van der Waals surface area contributed by atoms with Crippen molar-refractivity contribution in [3.63, 3.8) is 0 Å². The summed E-state index contributed by atoms with van der Waals surface area (Å²) < 4.78 is 46.1. The lowest BCUT2D eigenvalue weighted by Crippen LogP contribution is -2.50. The zero-order valence-corrected chi connectivity index (χ0v) is 25.0. The normalized spacial score (nSPS) is 22.0. The highest BCUT2D eigenvalue weighted by atomic mass is 35.5. The van der Waals surface area contributed by atoms with E-state index in [-0.39, 0.29) is 35.3 Å². The van der Waals surface area contributed by atoms with Crippen LogP contribution in [0.25, 0.3) is 21.8 Å². The number of rotatable bonds is 8. The van der Waals surface area contributed by atoms with Crippen LogP contribution in [0, 0.1) is 12.8 Å². The van der Waals surface area contributed by atoms with Crippen LogP contribution in [0.1, 0.15) is 42.5 Å². The standard InChI is InChI=1S/C31H33ClF3N7O/c1-18-12-22(19(2)39-31(35)8-4-25(32)38-28(31)21-5-9-36-10-6-21)27-23(13-18)30(43)40(3)29-24(27)14-37-42(29)16-20-7-11-41(15-20)17-26(33)34/h4-6,9-10,12-14,19-20,26,39H,7-8,11,15-17H2,1-3H3. The number of hydrogen-bond acceptors (Lipinski definition) is 6. The summed E-state index contributed by atoms with van der Waals surface area (Å²) in [6.07, 6.45) is 4.82. The summed E-state index contributed by atoms with van der Waals surface area (Å²) >= 11 is 6.21. The molecule has 0 radical (unpaired) electrons. The van der Waals surface area contributed by atoms with E-state index >= 15 is 4.39 Å². The number of alkyl halides is 3. The first-order valence-electron chi connectivity index (χ1n) is 14.3. The molecule has 8 nitrogen and oxygen atoms in total. The highest BCUT2D eigenvalue weighted by molar-refractivity contribution is 6.31. The number of likely N-dealkylation sites (tertiary alicyclic amines) is 1. The number of nitrogens with one attached hydrogen (secondary N) is 1. The number of fused-ring (bicyclic) bond motifs is 3. The lowest BCUT2D eigenvalue weighted by Gasteiger charge is -2.33. The van der Waals surface area contributed by atoms with E-state index in [2.05, 4.69) is 20.4 Å². The van der Waals surface area contributed by atoms with Gasteiger partial charge in [0.1, 0.15) is 16.5 Å². The first-order valence-corrected chi connectivity index (χ1v) is 14.7. The molecule has 4 aromatic rings. The van der Waals surface area contributed by atoms with E-state index in [9.17, 15) is 13.6 Å². The lowest BCUT2D eigenvalue weighted by molar-refractivity contribution is 0.0975. The summed E-state index contributed by atoms with van der Waals surface area (Å²) in [4.78, 5) is 23.9. The first kappa shape index (κ1) is 29.5. The Hall–Kier alpha value is -3.54. The zero-order chi connectivity index (χ0) is 30.5. The molecule has 1 saturated heterocycles. The molecule has 0 amide bonds. The molecule has 0 aliphatic carbocycles. The number of nitrogens with zero attached hydrogens (tertiary/aromatic N) is 6. The Bertz CT molecular complexity index is 1800. The largest absolute Gasteiger partial charge is 0.297 e. The Labute approximate surface area is 251 Å². The maximum atomic E-state index is 16.8. The third kappa shape index (κ3) is 5.61. The van der Waals surface area contributed by atoms with Gasteiger partial charge in [-0.25, -0.2) is 22.8 Å². The second kappa shape index (κ2) is 11.5. The Balaban J connectivity index is 1.40. The number of benzene rings is 1. The zero-order valence-electron chi connectivity index (χ0n) is 24.2. The van der Waals surface area contributed by atoms with Crippen molar-refractivity contribution >= 4 is 39.1 Å². The molecule has 1 N–H and O–H groups in total. The van der Waals surface area contributed by atoms with Gasteiger partial charge in [0, 0.05) is 66.7 Å². The fourth-order valence-electron chi connectivity index (χ4n) is 6.53. The molecule has 1 fully saturated rings. The monoisotopic (exact) mass is 611 g/mol. The van der Waals surface area contributed by atoms with E-state index in [0.717, 1.165) is 22.9 Å². The van der Waals surface area contributed by atoms with Crippen LogP contribution < -0.4 is 10.9 Å². The highest BCUT2D eigenvalue weighted by Crippen LogP contribution is 2.35. The topological polar surface area (TPSA) is 80.3 Å². The van der Waals surface area contributed by atoms with Crippen molar-refractivity contribution in [1.29, 1.82) is 0 Å². The predicted molar refractivity (Wildman–Crippen MR) is 162 cm³/mol. The summed E-state index contributed by atoms with van der Waals surface area (Å²) in [5.74, 6) is -1.90. The smallest absolute Gasteiger partial charge is 0.259 e. The first-order chi connectivity index (χ1) is 20.5. The van der Waals surface area contributed by atoms with Crippen molar-refractivity contribution in [1.82, 2.24) is 29.5 Å². The average Bonchev–Trinajstić information content (AvgIpc) is 3.59. The molecule has 3 atom stereocenters. The van der Waals surface area contributed by atoms with Gasteiger partial charge in [-0.05, 0) is 68.1 Å². The molecule has 0 bridgehead atoms. The van der Waals surface area contributed by atoms with Crippen LogP contribution in [0.5, 0.6) is 0 Å². The van der Waals surface area contributed by atoms with Crippen LogP contribution in [0.15, 0.2) is 63.9 Å². The molecule has 1 aromatic carbocycles. The molecule has 2 aliphatic heterocycles. The summed E-state index contributed by atoms with van der Waals surface area (Å²) in [5.41, 5.74) is 2.81. The van der Waals surface area contributed by atoms with E-state index in [0.29, 0.717) is 41.6 Å². The van der Waals surface area contributed by atoms with Crippen molar-refractivity contribution in [2.75, 3.05) is 19.6 Å². The van der Waals surface area contributed by atoms with Crippen molar-refractivity contribution in [2.24, 2.45) is 18.0 Å². The van der Waals surface area contributed by atoms with Crippen molar-refractivity contribution in [3.05, 3.63) is 81.1 Å². The van der Waals surface area contributed by atoms with E-state index < -0.39 is 18.3 Å².